The minimum Gasteiger partial charge on any atom is -0.453 e. The van der Waals surface area contributed by atoms with Crippen molar-refractivity contribution >= 4 is 39.3 Å². The number of ether oxygens (including phenoxy) is 5. The number of hydrogen-bond acceptors (Lipinski definition) is 9. The molecule has 0 unspecified atom stereocenters. The van der Waals surface area contributed by atoms with E-state index in [-0.39, 0.29) is 5.43 Å². The molecule has 0 bridgehead atoms. The van der Waals surface area contributed by atoms with E-state index in [1.165, 1.54) is 6.07 Å². The number of H-pyrrole nitrogens is 1. The van der Waals surface area contributed by atoms with Crippen molar-refractivity contribution in [1.29, 1.82) is 0 Å². The van der Waals surface area contributed by atoms with Crippen molar-refractivity contribution in [2.75, 3.05) is 90.4 Å². The van der Waals surface area contributed by atoms with Crippen LogP contribution in [-0.2, 0) is 23.7 Å². The summed E-state index contributed by atoms with van der Waals surface area (Å²) in [6.07, 6.45) is 1.59. The Morgan fingerprint density at radius 2 is 1.43 bits per heavy atom. The number of aromatic nitrogens is 2. The molecule has 2 aromatic heterocycles. The lowest BCUT2D eigenvalue weighted by atomic mass is 10.1. The second kappa shape index (κ2) is 16.3. The third-order valence-corrected chi connectivity index (χ3v) is 6.31. The Hall–Kier alpha value is -2.99. The minimum atomic E-state index is -0.0957. The van der Waals surface area contributed by atoms with E-state index >= 15 is 0 Å². The van der Waals surface area contributed by atoms with Gasteiger partial charge < -0.3 is 38.0 Å². The third-order valence-electron chi connectivity index (χ3n) is 6.16. The number of hydrogen-bond donors (Lipinski definition) is 1. The van der Waals surface area contributed by atoms with E-state index in [1.807, 2.05) is 37.4 Å². The lowest BCUT2D eigenvalue weighted by Gasteiger charge is -2.19. The van der Waals surface area contributed by atoms with Crippen molar-refractivity contribution in [3.63, 3.8) is 0 Å². The van der Waals surface area contributed by atoms with Crippen molar-refractivity contribution < 1.29 is 28.1 Å². The average molecular weight is 574 g/mol. The Morgan fingerprint density at radius 1 is 0.825 bits per heavy atom. The fourth-order valence-corrected chi connectivity index (χ4v) is 4.11. The van der Waals surface area contributed by atoms with E-state index in [4.69, 9.17) is 39.7 Å². The van der Waals surface area contributed by atoms with Gasteiger partial charge >= 0.3 is 0 Å². The van der Waals surface area contributed by atoms with Gasteiger partial charge in [-0.15, -0.1) is 11.6 Å². The lowest BCUT2D eigenvalue weighted by Crippen LogP contribution is -2.23. The summed E-state index contributed by atoms with van der Waals surface area (Å²) in [7, 11) is 2.01. The molecule has 216 valence electrons. The maximum Gasteiger partial charge on any atom is 0.193 e. The number of halogens is 1. The molecule has 0 fully saturated rings. The molecule has 2 aromatic carbocycles. The summed E-state index contributed by atoms with van der Waals surface area (Å²) in [6.45, 7) is 6.02. The highest BCUT2D eigenvalue weighted by molar-refractivity contribution is 6.17. The monoisotopic (exact) mass is 573 g/mol. The quantitative estimate of drug-likeness (QED) is 0.131. The predicted molar refractivity (Wildman–Crippen MR) is 156 cm³/mol. The van der Waals surface area contributed by atoms with Gasteiger partial charge in [-0.05, 0) is 36.4 Å². The zero-order valence-corrected chi connectivity index (χ0v) is 23.5. The molecular formula is C29H36ClN3O7. The van der Waals surface area contributed by atoms with Gasteiger partial charge in [0.25, 0.3) is 0 Å². The van der Waals surface area contributed by atoms with E-state index in [1.54, 1.807) is 12.4 Å². The van der Waals surface area contributed by atoms with Gasteiger partial charge in [0.2, 0.25) is 0 Å². The normalized spacial score (nSPS) is 11.6. The first-order valence-electron chi connectivity index (χ1n) is 13.3. The van der Waals surface area contributed by atoms with Crippen LogP contribution in [0, 0.1) is 0 Å². The number of nitrogens with zero attached hydrogens (tertiary/aromatic N) is 2. The molecule has 0 aliphatic rings. The van der Waals surface area contributed by atoms with Crippen LogP contribution >= 0.6 is 11.6 Å². The number of fused-ring (bicyclic) bond motifs is 3. The number of aromatic amines is 1. The van der Waals surface area contributed by atoms with Gasteiger partial charge in [-0.3, -0.25) is 4.79 Å². The van der Waals surface area contributed by atoms with Crippen LogP contribution in [0.1, 0.15) is 0 Å². The number of benzene rings is 2. The van der Waals surface area contributed by atoms with Crippen molar-refractivity contribution in [2.24, 2.45) is 0 Å². The molecule has 0 radical (unpaired) electrons. The van der Waals surface area contributed by atoms with E-state index < -0.39 is 0 Å². The van der Waals surface area contributed by atoms with Crippen LogP contribution in [0.5, 0.6) is 0 Å². The van der Waals surface area contributed by atoms with Gasteiger partial charge in [0.1, 0.15) is 11.3 Å². The van der Waals surface area contributed by atoms with Crippen LogP contribution < -0.4 is 10.3 Å². The van der Waals surface area contributed by atoms with Crippen molar-refractivity contribution in [3.05, 3.63) is 59.0 Å². The summed E-state index contributed by atoms with van der Waals surface area (Å²) in [5.74, 6) is 1.00. The molecule has 2 heterocycles. The highest BCUT2D eigenvalue weighted by Gasteiger charge is 2.12. The molecule has 0 atom stereocenters. The number of rotatable bonds is 19. The molecule has 0 saturated carbocycles. The number of anilines is 1. The van der Waals surface area contributed by atoms with Crippen molar-refractivity contribution in [1.82, 2.24) is 9.97 Å². The summed E-state index contributed by atoms with van der Waals surface area (Å²) < 4.78 is 33.4. The van der Waals surface area contributed by atoms with Gasteiger partial charge in [0.15, 0.2) is 11.0 Å². The molecule has 0 spiro atoms. The van der Waals surface area contributed by atoms with Gasteiger partial charge in [-0.25, -0.2) is 4.98 Å². The Kier molecular flexibility index (Phi) is 12.2. The Labute approximate surface area is 238 Å². The number of likely N-dealkylation sites (N-methyl/N-ethyl adjacent to an activating group) is 1. The largest absolute Gasteiger partial charge is 0.453 e. The van der Waals surface area contributed by atoms with Crippen molar-refractivity contribution in [3.8, 4) is 11.3 Å². The van der Waals surface area contributed by atoms with Crippen LogP contribution in [-0.4, -0.2) is 95.5 Å². The lowest BCUT2D eigenvalue weighted by molar-refractivity contribution is -0.00958. The second-order valence-electron chi connectivity index (χ2n) is 8.94. The predicted octanol–water partition coefficient (Wildman–Crippen LogP) is 4.09. The first-order chi connectivity index (χ1) is 19.7. The Bertz CT molecular complexity index is 1360. The second-order valence-corrected chi connectivity index (χ2v) is 9.31. The number of nitrogens with one attached hydrogen (secondary N) is 1. The molecule has 0 aliphatic carbocycles. The molecule has 11 heteroatoms. The van der Waals surface area contributed by atoms with Crippen molar-refractivity contribution in [2.45, 2.75) is 0 Å². The van der Waals surface area contributed by atoms with E-state index in [9.17, 15) is 4.79 Å². The van der Waals surface area contributed by atoms with E-state index in [0.29, 0.717) is 94.2 Å². The molecule has 0 saturated heterocycles. The van der Waals surface area contributed by atoms with Gasteiger partial charge in [-0.2, -0.15) is 0 Å². The number of imidazole rings is 1. The fourth-order valence-electron chi connectivity index (χ4n) is 4.01. The van der Waals surface area contributed by atoms with E-state index in [2.05, 4.69) is 14.9 Å². The summed E-state index contributed by atoms with van der Waals surface area (Å²) in [5, 5.41) is 0.514. The Morgan fingerprint density at radius 3 is 2.05 bits per heavy atom. The summed E-state index contributed by atoms with van der Waals surface area (Å²) in [6, 6.07) is 13.0. The fraction of sp³-hybridized carbons (Fsp3) is 0.448. The number of alkyl halides is 1. The van der Waals surface area contributed by atoms with Crippen LogP contribution in [0.3, 0.4) is 0 Å². The zero-order chi connectivity index (χ0) is 28.0. The highest BCUT2D eigenvalue weighted by Crippen LogP contribution is 2.27. The average Bonchev–Trinajstić information content (AvgIpc) is 3.46. The maximum atomic E-state index is 12.7. The van der Waals surface area contributed by atoms with Gasteiger partial charge in [-0.1, -0.05) is 0 Å². The van der Waals surface area contributed by atoms with Crippen LogP contribution in [0.2, 0.25) is 0 Å². The topological polar surface area (TPSA) is 108 Å². The first kappa shape index (κ1) is 30.0. The SMILES string of the molecule is CN(CCOCCOCCOCCOCCOCCCl)c1ccc(-c2cc(=O)c3ccc4[nH]cnc4c3o2)cc1. The van der Waals surface area contributed by atoms with Crippen LogP contribution in [0.15, 0.2) is 58.0 Å². The molecule has 0 aliphatic heterocycles. The summed E-state index contributed by atoms with van der Waals surface area (Å²) in [4.78, 5) is 22.2. The molecule has 4 aromatic rings. The zero-order valence-electron chi connectivity index (χ0n) is 22.7. The maximum absolute atomic E-state index is 12.7. The van der Waals surface area contributed by atoms with Gasteiger partial charge in [0, 0.05) is 36.8 Å². The van der Waals surface area contributed by atoms with Crippen LogP contribution in [0.4, 0.5) is 5.69 Å². The summed E-state index contributed by atoms with van der Waals surface area (Å²) in [5.41, 5.74) is 3.72. The molecule has 0 amide bonds. The molecule has 1 N–H and O–H groups in total. The standard InChI is InChI=1S/C29H36ClN3O7/c1-33(9-11-36-13-15-38-17-19-39-18-16-37-14-12-35-10-8-30)23-4-2-22(3-5-23)27-20-26(34)24-6-7-25-28(29(24)40-27)32-21-31-25/h2-7,20-21H,8-19H2,1H3,(H,31,32). The molecular weight excluding hydrogens is 538 g/mol. The van der Waals surface area contributed by atoms with E-state index in [0.717, 1.165) is 23.3 Å². The Balaban J connectivity index is 1.10. The first-order valence-corrected chi connectivity index (χ1v) is 13.9. The van der Waals surface area contributed by atoms with Gasteiger partial charge in [0.05, 0.1) is 83.3 Å². The molecule has 40 heavy (non-hydrogen) atoms. The summed E-state index contributed by atoms with van der Waals surface area (Å²) >= 11 is 5.52. The minimum absolute atomic E-state index is 0.0957. The molecule has 4 rings (SSSR count). The van der Waals surface area contributed by atoms with Crippen LogP contribution in [0.25, 0.3) is 33.3 Å². The smallest absolute Gasteiger partial charge is 0.193 e. The highest BCUT2D eigenvalue weighted by atomic mass is 35.5. The third kappa shape index (κ3) is 8.76. The molecule has 10 nitrogen and oxygen atoms in total.